The second kappa shape index (κ2) is 4.86. The van der Waals surface area contributed by atoms with Crippen molar-refractivity contribution in [2.24, 2.45) is 0 Å². The van der Waals surface area contributed by atoms with Crippen molar-refractivity contribution in [2.45, 2.75) is 6.54 Å². The summed E-state index contributed by atoms with van der Waals surface area (Å²) < 4.78 is 0. The summed E-state index contributed by atoms with van der Waals surface area (Å²) in [6.07, 6.45) is 3.44. The molecule has 0 amide bonds. The molecule has 2 aromatic rings. The molecule has 4 heteroatoms. The number of benzene rings is 1. The lowest BCUT2D eigenvalue weighted by Crippen LogP contribution is -2.03. The second-order valence-electron chi connectivity index (χ2n) is 3.44. The molecule has 0 fully saturated rings. The fraction of sp³-hybridized carbons (Fsp3) is 0.0833. The summed E-state index contributed by atoms with van der Waals surface area (Å²) >= 11 is 5.88. The number of nitrogens with two attached hydrogens (primary N) is 1. The molecular formula is C12H12ClN3. The number of nitrogen functional groups attached to an aromatic ring is 1. The maximum Gasteiger partial charge on any atom is 0.0436 e. The lowest BCUT2D eigenvalue weighted by molar-refractivity contribution is 1.12. The largest absolute Gasteiger partial charge is 0.398 e. The molecule has 0 spiro atoms. The van der Waals surface area contributed by atoms with Gasteiger partial charge in [0.2, 0.25) is 0 Å². The Balaban J connectivity index is 2.05. The molecular weight excluding hydrogens is 222 g/mol. The summed E-state index contributed by atoms with van der Waals surface area (Å²) in [6, 6.07) is 9.35. The van der Waals surface area contributed by atoms with Gasteiger partial charge in [0.25, 0.3) is 0 Å². The number of rotatable bonds is 3. The number of aromatic nitrogens is 1. The van der Waals surface area contributed by atoms with E-state index in [1.807, 2.05) is 24.3 Å². The van der Waals surface area contributed by atoms with Crippen LogP contribution in [0.2, 0.25) is 5.02 Å². The predicted molar refractivity (Wildman–Crippen MR) is 67.4 cm³/mol. The van der Waals surface area contributed by atoms with E-state index in [1.54, 1.807) is 18.5 Å². The third-order valence-corrected chi connectivity index (χ3v) is 2.48. The highest BCUT2D eigenvalue weighted by molar-refractivity contribution is 6.30. The zero-order valence-corrected chi connectivity index (χ0v) is 9.41. The normalized spacial score (nSPS) is 10.1. The fourth-order valence-corrected chi connectivity index (χ4v) is 1.57. The molecule has 1 aromatic carbocycles. The van der Waals surface area contributed by atoms with Crippen LogP contribution in [-0.2, 0) is 6.54 Å². The highest BCUT2D eigenvalue weighted by atomic mass is 35.5. The second-order valence-corrected chi connectivity index (χ2v) is 3.87. The highest BCUT2D eigenvalue weighted by Crippen LogP contribution is 2.17. The first-order valence-electron chi connectivity index (χ1n) is 4.93. The molecule has 0 aliphatic carbocycles. The van der Waals surface area contributed by atoms with Crippen molar-refractivity contribution >= 4 is 23.0 Å². The molecule has 0 aliphatic rings. The Morgan fingerprint density at radius 3 is 2.94 bits per heavy atom. The number of hydrogen-bond acceptors (Lipinski definition) is 3. The van der Waals surface area contributed by atoms with Gasteiger partial charge in [-0.15, -0.1) is 0 Å². The Labute approximate surface area is 99.3 Å². The van der Waals surface area contributed by atoms with E-state index in [4.69, 9.17) is 17.3 Å². The van der Waals surface area contributed by atoms with Crippen molar-refractivity contribution in [3.05, 3.63) is 53.3 Å². The Morgan fingerprint density at radius 1 is 1.31 bits per heavy atom. The molecule has 1 heterocycles. The zero-order chi connectivity index (χ0) is 11.4. The fourth-order valence-electron chi connectivity index (χ4n) is 1.38. The average Bonchev–Trinajstić information content (AvgIpc) is 2.28. The van der Waals surface area contributed by atoms with Gasteiger partial charge in [0.15, 0.2) is 0 Å². The molecule has 0 bridgehead atoms. The van der Waals surface area contributed by atoms with Gasteiger partial charge in [-0.1, -0.05) is 17.7 Å². The van der Waals surface area contributed by atoms with E-state index in [-0.39, 0.29) is 0 Å². The number of nitrogens with one attached hydrogen (secondary N) is 1. The number of nitrogens with zero attached hydrogens (tertiary/aromatic N) is 1. The van der Waals surface area contributed by atoms with Crippen LogP contribution in [0.15, 0.2) is 42.7 Å². The van der Waals surface area contributed by atoms with Crippen molar-refractivity contribution in [1.29, 1.82) is 0 Å². The van der Waals surface area contributed by atoms with Crippen LogP contribution in [0.3, 0.4) is 0 Å². The molecule has 82 valence electrons. The summed E-state index contributed by atoms with van der Waals surface area (Å²) in [5, 5.41) is 3.95. The molecule has 0 saturated heterocycles. The van der Waals surface area contributed by atoms with Gasteiger partial charge in [0.05, 0.1) is 0 Å². The number of anilines is 2. The molecule has 3 N–H and O–H groups in total. The van der Waals surface area contributed by atoms with E-state index in [2.05, 4.69) is 10.3 Å². The van der Waals surface area contributed by atoms with E-state index >= 15 is 0 Å². The van der Waals surface area contributed by atoms with Crippen LogP contribution in [0, 0.1) is 0 Å². The van der Waals surface area contributed by atoms with Gasteiger partial charge in [-0.25, -0.2) is 0 Å². The van der Waals surface area contributed by atoms with Crippen molar-refractivity contribution in [3.8, 4) is 0 Å². The van der Waals surface area contributed by atoms with Crippen LogP contribution in [0.25, 0.3) is 0 Å². The van der Waals surface area contributed by atoms with Gasteiger partial charge < -0.3 is 11.1 Å². The van der Waals surface area contributed by atoms with Crippen molar-refractivity contribution < 1.29 is 0 Å². The number of hydrogen-bond donors (Lipinski definition) is 2. The summed E-state index contributed by atoms with van der Waals surface area (Å²) in [4.78, 5) is 4.03. The molecule has 2 rings (SSSR count). The zero-order valence-electron chi connectivity index (χ0n) is 8.65. The van der Waals surface area contributed by atoms with Crippen molar-refractivity contribution in [2.75, 3.05) is 11.1 Å². The quantitative estimate of drug-likeness (QED) is 0.857. The Hall–Kier alpha value is -1.74. The van der Waals surface area contributed by atoms with Crippen LogP contribution < -0.4 is 11.1 Å². The third-order valence-electron chi connectivity index (χ3n) is 2.25. The van der Waals surface area contributed by atoms with Gasteiger partial charge in [-0.2, -0.15) is 0 Å². The Kier molecular flexibility index (Phi) is 3.27. The molecule has 3 nitrogen and oxygen atoms in total. The van der Waals surface area contributed by atoms with E-state index in [1.165, 1.54) is 0 Å². The first-order chi connectivity index (χ1) is 7.75. The average molecular weight is 234 g/mol. The summed E-state index contributed by atoms with van der Waals surface area (Å²) in [7, 11) is 0. The highest BCUT2D eigenvalue weighted by Gasteiger charge is 1.98. The van der Waals surface area contributed by atoms with Crippen molar-refractivity contribution in [3.63, 3.8) is 0 Å². The van der Waals surface area contributed by atoms with E-state index in [9.17, 15) is 0 Å². The van der Waals surface area contributed by atoms with Gasteiger partial charge >= 0.3 is 0 Å². The molecule has 0 saturated carbocycles. The van der Waals surface area contributed by atoms with Crippen LogP contribution in [0.1, 0.15) is 5.56 Å². The summed E-state index contributed by atoms with van der Waals surface area (Å²) in [5.74, 6) is 0. The topological polar surface area (TPSA) is 50.9 Å². The van der Waals surface area contributed by atoms with Crippen LogP contribution in [-0.4, -0.2) is 4.98 Å². The maximum atomic E-state index is 5.88. The maximum absolute atomic E-state index is 5.88. The molecule has 0 atom stereocenters. The Bertz CT molecular complexity index is 485. The lowest BCUT2D eigenvalue weighted by atomic mass is 10.2. The molecule has 0 aliphatic heterocycles. The summed E-state index contributed by atoms with van der Waals surface area (Å²) in [6.45, 7) is 0.639. The standard InChI is InChI=1S/C12H12ClN3/c13-10-2-1-3-11(6-10)16-8-9-7-15-5-4-12(9)14/h1-7,16H,8H2,(H2,14,15). The molecule has 1 aromatic heterocycles. The smallest absolute Gasteiger partial charge is 0.0436 e. The van der Waals surface area contributed by atoms with Gasteiger partial charge in [-0.3, -0.25) is 4.98 Å². The van der Waals surface area contributed by atoms with Crippen molar-refractivity contribution in [1.82, 2.24) is 4.98 Å². The molecule has 16 heavy (non-hydrogen) atoms. The first kappa shape index (κ1) is 10.8. The minimum absolute atomic E-state index is 0.639. The third kappa shape index (κ3) is 2.64. The monoisotopic (exact) mass is 233 g/mol. The van der Waals surface area contributed by atoms with E-state index in [0.717, 1.165) is 16.9 Å². The number of pyridine rings is 1. The summed E-state index contributed by atoms with van der Waals surface area (Å²) in [5.41, 5.74) is 8.49. The van der Waals surface area contributed by atoms with Crippen LogP contribution in [0.4, 0.5) is 11.4 Å². The predicted octanol–water partition coefficient (Wildman–Crippen LogP) is 2.93. The minimum Gasteiger partial charge on any atom is -0.398 e. The Morgan fingerprint density at radius 2 is 2.19 bits per heavy atom. The van der Waals surface area contributed by atoms with Crippen LogP contribution >= 0.6 is 11.6 Å². The molecule has 0 unspecified atom stereocenters. The number of halogens is 1. The van der Waals surface area contributed by atoms with Gasteiger partial charge in [-0.05, 0) is 24.3 Å². The first-order valence-corrected chi connectivity index (χ1v) is 5.31. The van der Waals surface area contributed by atoms with Gasteiger partial charge in [0, 0.05) is 40.9 Å². The SMILES string of the molecule is Nc1ccncc1CNc1cccc(Cl)c1. The minimum atomic E-state index is 0.639. The van der Waals surface area contributed by atoms with Gasteiger partial charge in [0.1, 0.15) is 0 Å². The molecule has 0 radical (unpaired) electrons. The van der Waals surface area contributed by atoms with E-state index < -0.39 is 0 Å². The lowest BCUT2D eigenvalue weighted by Gasteiger charge is -2.08. The van der Waals surface area contributed by atoms with E-state index in [0.29, 0.717) is 11.6 Å². The van der Waals surface area contributed by atoms with Crippen LogP contribution in [0.5, 0.6) is 0 Å².